The molecule has 0 saturated carbocycles. The third kappa shape index (κ3) is 5.03. The number of aromatic amines is 1. The van der Waals surface area contributed by atoms with Crippen molar-refractivity contribution < 1.29 is 0 Å². The van der Waals surface area contributed by atoms with E-state index in [9.17, 15) is 4.79 Å². The highest BCUT2D eigenvalue weighted by molar-refractivity contribution is 7.80. The first kappa shape index (κ1) is 21.3. The van der Waals surface area contributed by atoms with Gasteiger partial charge in [0.1, 0.15) is 0 Å². The molecule has 2 heterocycles. The largest absolute Gasteiger partial charge is 0.339 e. The van der Waals surface area contributed by atoms with Crippen LogP contribution in [0.3, 0.4) is 0 Å². The van der Waals surface area contributed by atoms with Gasteiger partial charge in [0.25, 0.3) is 5.56 Å². The Hall–Kier alpha value is -2.96. The summed E-state index contributed by atoms with van der Waals surface area (Å²) in [5.74, 6) is 0. The SMILES string of the molecule is CCc1ccc(NC(=S)N(Cc2cccs2)Cc2cc3cccc(C)c3[nH]c2=O)cc1. The lowest BCUT2D eigenvalue weighted by Crippen LogP contribution is -2.35. The van der Waals surface area contributed by atoms with Crippen molar-refractivity contribution in [2.45, 2.75) is 33.4 Å². The zero-order chi connectivity index (χ0) is 21.8. The Labute approximate surface area is 191 Å². The fraction of sp³-hybridized carbons (Fsp3) is 0.200. The molecule has 2 aromatic carbocycles. The van der Waals surface area contributed by atoms with Gasteiger partial charge in [0, 0.05) is 16.1 Å². The fourth-order valence-corrected chi connectivity index (χ4v) is 4.53. The monoisotopic (exact) mass is 447 g/mol. The summed E-state index contributed by atoms with van der Waals surface area (Å²) < 4.78 is 0. The topological polar surface area (TPSA) is 48.1 Å². The maximum Gasteiger partial charge on any atom is 0.253 e. The van der Waals surface area contributed by atoms with Crippen LogP contribution in [0.25, 0.3) is 10.9 Å². The number of benzene rings is 2. The number of aromatic nitrogens is 1. The molecule has 0 atom stereocenters. The molecule has 4 aromatic rings. The first-order valence-corrected chi connectivity index (χ1v) is 11.6. The molecule has 6 heteroatoms. The number of hydrogen-bond acceptors (Lipinski definition) is 3. The number of nitrogens with one attached hydrogen (secondary N) is 2. The molecule has 31 heavy (non-hydrogen) atoms. The van der Waals surface area contributed by atoms with Crippen LogP contribution in [0.15, 0.2) is 70.8 Å². The van der Waals surface area contributed by atoms with Crippen LogP contribution in [0.2, 0.25) is 0 Å². The number of pyridine rings is 1. The minimum Gasteiger partial charge on any atom is -0.339 e. The van der Waals surface area contributed by atoms with Crippen molar-refractivity contribution in [2.75, 3.05) is 5.32 Å². The number of rotatable bonds is 6. The van der Waals surface area contributed by atoms with Crippen molar-refractivity contribution in [1.29, 1.82) is 0 Å². The number of anilines is 1. The van der Waals surface area contributed by atoms with Crippen LogP contribution >= 0.6 is 23.6 Å². The molecule has 0 unspecified atom stereocenters. The number of thiocarbonyl (C=S) groups is 1. The molecular weight excluding hydrogens is 422 g/mol. The average molecular weight is 448 g/mol. The molecular formula is C25H25N3OS2. The summed E-state index contributed by atoms with van der Waals surface area (Å²) in [5, 5.41) is 7.02. The lowest BCUT2D eigenvalue weighted by Gasteiger charge is -2.25. The summed E-state index contributed by atoms with van der Waals surface area (Å²) in [6.45, 7) is 5.21. The van der Waals surface area contributed by atoms with Gasteiger partial charge < -0.3 is 15.2 Å². The molecule has 0 aliphatic carbocycles. The van der Waals surface area contributed by atoms with Gasteiger partial charge >= 0.3 is 0 Å². The number of thiophene rings is 1. The number of fused-ring (bicyclic) bond motifs is 1. The third-order valence-corrected chi connectivity index (χ3v) is 6.58. The first-order valence-electron chi connectivity index (χ1n) is 10.3. The second kappa shape index (κ2) is 9.45. The number of para-hydroxylation sites is 1. The van der Waals surface area contributed by atoms with E-state index in [0.717, 1.165) is 28.6 Å². The van der Waals surface area contributed by atoms with Crippen molar-refractivity contribution in [3.05, 3.63) is 98.0 Å². The second-order valence-corrected chi connectivity index (χ2v) is 9.00. The van der Waals surface area contributed by atoms with E-state index >= 15 is 0 Å². The standard InChI is InChI=1S/C25H25N3OS2/c1-3-18-9-11-21(12-10-18)26-25(30)28(16-22-8-5-13-31-22)15-20-14-19-7-4-6-17(2)23(19)27-24(20)29/h4-14H,3,15-16H2,1-2H3,(H,26,30)(H,27,29). The Morgan fingerprint density at radius 1 is 1.10 bits per heavy atom. The predicted octanol–water partition coefficient (Wildman–Crippen LogP) is 5.86. The molecule has 0 radical (unpaired) electrons. The molecule has 0 amide bonds. The summed E-state index contributed by atoms with van der Waals surface area (Å²) >= 11 is 7.44. The summed E-state index contributed by atoms with van der Waals surface area (Å²) in [6, 6.07) is 20.4. The van der Waals surface area contributed by atoms with Crippen LogP contribution in [-0.4, -0.2) is 15.0 Å². The van der Waals surface area contributed by atoms with Gasteiger partial charge in [0.05, 0.1) is 18.6 Å². The van der Waals surface area contributed by atoms with Gasteiger partial charge in [-0.25, -0.2) is 0 Å². The Bertz CT molecular complexity index is 1240. The Morgan fingerprint density at radius 3 is 2.61 bits per heavy atom. The van der Waals surface area contributed by atoms with E-state index < -0.39 is 0 Å². The molecule has 0 spiro atoms. The summed E-state index contributed by atoms with van der Waals surface area (Å²) in [5.41, 5.74) is 4.79. The van der Waals surface area contributed by atoms with Gasteiger partial charge in [-0.15, -0.1) is 11.3 Å². The van der Waals surface area contributed by atoms with E-state index in [2.05, 4.69) is 40.8 Å². The highest BCUT2D eigenvalue weighted by atomic mass is 32.1. The maximum atomic E-state index is 12.8. The normalized spacial score (nSPS) is 10.9. The van der Waals surface area contributed by atoms with E-state index in [4.69, 9.17) is 12.2 Å². The van der Waals surface area contributed by atoms with Gasteiger partial charge in [0.2, 0.25) is 0 Å². The number of aryl methyl sites for hydroxylation is 2. The smallest absolute Gasteiger partial charge is 0.253 e. The molecule has 0 bridgehead atoms. The summed E-state index contributed by atoms with van der Waals surface area (Å²) in [7, 11) is 0. The van der Waals surface area contributed by atoms with Gasteiger partial charge in [-0.2, -0.15) is 0 Å². The van der Waals surface area contributed by atoms with E-state index in [-0.39, 0.29) is 5.56 Å². The molecule has 0 aliphatic rings. The molecule has 2 aromatic heterocycles. The van der Waals surface area contributed by atoms with Crippen molar-refractivity contribution in [2.24, 2.45) is 0 Å². The molecule has 0 saturated heterocycles. The van der Waals surface area contributed by atoms with Crippen molar-refractivity contribution in [1.82, 2.24) is 9.88 Å². The van der Waals surface area contributed by atoms with Crippen molar-refractivity contribution in [3.8, 4) is 0 Å². The van der Waals surface area contributed by atoms with Crippen molar-refractivity contribution >= 4 is 45.3 Å². The van der Waals surface area contributed by atoms with Crippen LogP contribution < -0.4 is 10.9 Å². The van der Waals surface area contributed by atoms with E-state index in [1.807, 2.05) is 54.3 Å². The fourth-order valence-electron chi connectivity index (χ4n) is 3.57. The summed E-state index contributed by atoms with van der Waals surface area (Å²) in [6.07, 6.45) is 0.999. The van der Waals surface area contributed by atoms with Gasteiger partial charge in [-0.1, -0.05) is 43.3 Å². The number of H-pyrrole nitrogens is 1. The minimum absolute atomic E-state index is 0.0759. The lowest BCUT2D eigenvalue weighted by molar-refractivity contribution is 0.415. The highest BCUT2D eigenvalue weighted by Gasteiger charge is 2.15. The van der Waals surface area contributed by atoms with E-state index in [1.165, 1.54) is 10.4 Å². The third-order valence-electron chi connectivity index (χ3n) is 5.35. The zero-order valence-electron chi connectivity index (χ0n) is 17.6. The predicted molar refractivity (Wildman–Crippen MR) is 135 cm³/mol. The van der Waals surface area contributed by atoms with Crippen LogP contribution in [0.5, 0.6) is 0 Å². The van der Waals surface area contributed by atoms with Crippen LogP contribution in [-0.2, 0) is 19.5 Å². The Kier molecular flexibility index (Phi) is 6.49. The quantitative estimate of drug-likeness (QED) is 0.364. The highest BCUT2D eigenvalue weighted by Crippen LogP contribution is 2.19. The van der Waals surface area contributed by atoms with Gasteiger partial charge in [-0.05, 0) is 71.7 Å². The van der Waals surface area contributed by atoms with Gasteiger partial charge in [-0.3, -0.25) is 4.79 Å². The Balaban J connectivity index is 1.61. The molecule has 4 nitrogen and oxygen atoms in total. The van der Waals surface area contributed by atoms with E-state index in [0.29, 0.717) is 23.8 Å². The summed E-state index contributed by atoms with van der Waals surface area (Å²) in [4.78, 5) is 19.1. The van der Waals surface area contributed by atoms with Crippen LogP contribution in [0, 0.1) is 6.92 Å². The maximum absolute atomic E-state index is 12.8. The molecule has 158 valence electrons. The molecule has 2 N–H and O–H groups in total. The Morgan fingerprint density at radius 2 is 1.90 bits per heavy atom. The number of hydrogen-bond donors (Lipinski definition) is 2. The minimum atomic E-state index is -0.0759. The second-order valence-electron chi connectivity index (χ2n) is 7.58. The molecule has 0 fully saturated rings. The number of nitrogens with zero attached hydrogens (tertiary/aromatic N) is 1. The lowest BCUT2D eigenvalue weighted by atomic mass is 10.1. The van der Waals surface area contributed by atoms with Crippen LogP contribution in [0.1, 0.15) is 28.5 Å². The van der Waals surface area contributed by atoms with Crippen molar-refractivity contribution in [3.63, 3.8) is 0 Å². The van der Waals surface area contributed by atoms with Gasteiger partial charge in [0.15, 0.2) is 5.11 Å². The molecule has 0 aliphatic heterocycles. The van der Waals surface area contributed by atoms with Crippen LogP contribution in [0.4, 0.5) is 5.69 Å². The van der Waals surface area contributed by atoms with E-state index in [1.54, 1.807) is 11.3 Å². The zero-order valence-corrected chi connectivity index (χ0v) is 19.3. The average Bonchev–Trinajstić information content (AvgIpc) is 3.28. The first-order chi connectivity index (χ1) is 15.0. The molecule has 4 rings (SSSR count).